The Kier molecular flexibility index (Phi) is 5.66. The fourth-order valence-electron chi connectivity index (χ4n) is 2.08. The van der Waals surface area contributed by atoms with Gasteiger partial charge in [0.2, 0.25) is 0 Å². The molecule has 6 nitrogen and oxygen atoms in total. The number of carbonyl (C=O) groups excluding carboxylic acids is 3. The third-order valence-corrected chi connectivity index (χ3v) is 3.26. The van der Waals surface area contributed by atoms with E-state index in [2.05, 4.69) is 0 Å². The Balaban J connectivity index is 1.72. The Morgan fingerprint density at radius 3 is 2.27 bits per heavy atom. The molecule has 0 saturated heterocycles. The van der Waals surface area contributed by atoms with Crippen LogP contribution in [-0.4, -0.2) is 36.1 Å². The molecule has 0 N–H and O–H groups in total. The first-order chi connectivity index (χ1) is 10.6. The van der Waals surface area contributed by atoms with Crippen LogP contribution < -0.4 is 0 Å². The number of hydroxylamine groups is 2. The highest BCUT2D eigenvalue weighted by Gasteiger charge is 2.36. The number of fused-ring (bicyclic) bond motifs is 1. The number of hydrogen-bond donors (Lipinski definition) is 0. The molecule has 0 aromatic heterocycles. The Bertz CT molecular complexity index is 534. The largest absolute Gasteiger partial charge is 0.466 e. The predicted octanol–water partition coefficient (Wildman–Crippen LogP) is 2.34. The summed E-state index contributed by atoms with van der Waals surface area (Å²) < 4.78 is 5.02. The number of carbonyl (C=O) groups is 3. The predicted molar refractivity (Wildman–Crippen MR) is 78.0 cm³/mol. The maximum absolute atomic E-state index is 12.0. The monoisotopic (exact) mass is 305 g/mol. The van der Waals surface area contributed by atoms with E-state index in [1.165, 1.54) is 0 Å². The van der Waals surface area contributed by atoms with Gasteiger partial charge in [0.25, 0.3) is 11.8 Å². The van der Waals surface area contributed by atoms with E-state index in [1.54, 1.807) is 24.3 Å². The maximum atomic E-state index is 12.0. The maximum Gasteiger partial charge on any atom is 0.305 e. The summed E-state index contributed by atoms with van der Waals surface area (Å²) in [6.07, 6.45) is 2.59. The third-order valence-electron chi connectivity index (χ3n) is 3.26. The number of esters is 1. The standard InChI is InChI=1S/C16H19NO5/c1-2-3-9-14(18)21-10-6-11-22-17-15(19)12-7-4-5-8-13(12)16(17)20/h4-5,7-8H,2-3,6,9-11H2,1H3. The molecule has 118 valence electrons. The van der Waals surface area contributed by atoms with Gasteiger partial charge in [0.1, 0.15) is 0 Å². The first-order valence-electron chi connectivity index (χ1n) is 7.41. The van der Waals surface area contributed by atoms with Gasteiger partial charge < -0.3 is 4.74 Å². The summed E-state index contributed by atoms with van der Waals surface area (Å²) in [6, 6.07) is 6.58. The number of amides is 2. The van der Waals surface area contributed by atoms with Gasteiger partial charge in [0.15, 0.2) is 0 Å². The van der Waals surface area contributed by atoms with Gasteiger partial charge in [-0.25, -0.2) is 0 Å². The summed E-state index contributed by atoms with van der Waals surface area (Å²) >= 11 is 0. The van der Waals surface area contributed by atoms with Crippen molar-refractivity contribution >= 4 is 17.8 Å². The second-order valence-electron chi connectivity index (χ2n) is 4.96. The summed E-state index contributed by atoms with van der Waals surface area (Å²) in [6.45, 7) is 2.35. The first-order valence-corrected chi connectivity index (χ1v) is 7.41. The zero-order chi connectivity index (χ0) is 15.9. The normalized spacial score (nSPS) is 13.4. The molecule has 0 spiro atoms. The minimum atomic E-state index is -0.458. The van der Waals surface area contributed by atoms with Crippen LogP contribution in [0.15, 0.2) is 24.3 Å². The second-order valence-corrected chi connectivity index (χ2v) is 4.96. The number of ether oxygens (including phenoxy) is 1. The summed E-state index contributed by atoms with van der Waals surface area (Å²) in [4.78, 5) is 40.5. The van der Waals surface area contributed by atoms with E-state index in [-0.39, 0.29) is 19.2 Å². The molecule has 0 bridgehead atoms. The third kappa shape index (κ3) is 3.71. The lowest BCUT2D eigenvalue weighted by molar-refractivity contribution is -0.145. The summed E-state index contributed by atoms with van der Waals surface area (Å²) in [5.41, 5.74) is 0.692. The Labute approximate surface area is 129 Å². The quantitative estimate of drug-likeness (QED) is 0.419. The molecule has 2 amide bonds. The van der Waals surface area contributed by atoms with Gasteiger partial charge in [-0.15, -0.1) is 5.06 Å². The number of nitrogens with zero attached hydrogens (tertiary/aromatic N) is 1. The number of rotatable bonds is 8. The van der Waals surface area contributed by atoms with Gasteiger partial charge in [-0.3, -0.25) is 19.2 Å². The topological polar surface area (TPSA) is 72.9 Å². The Hall–Kier alpha value is -2.21. The van der Waals surface area contributed by atoms with Crippen LogP contribution in [0.5, 0.6) is 0 Å². The second kappa shape index (κ2) is 7.70. The van der Waals surface area contributed by atoms with E-state index in [1.807, 2.05) is 6.92 Å². The highest BCUT2D eigenvalue weighted by atomic mass is 16.7. The van der Waals surface area contributed by atoms with Gasteiger partial charge in [-0.05, 0) is 18.6 Å². The summed E-state index contributed by atoms with van der Waals surface area (Å²) in [5.74, 6) is -1.15. The summed E-state index contributed by atoms with van der Waals surface area (Å²) in [5, 5.41) is 0.767. The Morgan fingerprint density at radius 1 is 1.05 bits per heavy atom. The van der Waals surface area contributed by atoms with Crippen LogP contribution in [0, 0.1) is 0 Å². The average Bonchev–Trinajstić information content (AvgIpc) is 2.77. The molecule has 6 heteroatoms. The van der Waals surface area contributed by atoms with Gasteiger partial charge >= 0.3 is 5.97 Å². The van der Waals surface area contributed by atoms with Crippen LogP contribution in [0.3, 0.4) is 0 Å². The van der Waals surface area contributed by atoms with Crippen LogP contribution in [0.25, 0.3) is 0 Å². The van der Waals surface area contributed by atoms with Crippen LogP contribution in [-0.2, 0) is 14.4 Å². The van der Waals surface area contributed by atoms with E-state index in [0.717, 1.165) is 17.9 Å². The first kappa shape index (κ1) is 16.2. The fraction of sp³-hybridized carbons (Fsp3) is 0.438. The van der Waals surface area contributed by atoms with Crippen molar-refractivity contribution in [2.45, 2.75) is 32.6 Å². The van der Waals surface area contributed by atoms with Crippen molar-refractivity contribution in [1.29, 1.82) is 0 Å². The molecule has 0 fully saturated rings. The number of hydrogen-bond acceptors (Lipinski definition) is 5. The van der Waals surface area contributed by atoms with Crippen molar-refractivity contribution in [1.82, 2.24) is 5.06 Å². The number of benzene rings is 1. The molecule has 0 aliphatic carbocycles. The van der Waals surface area contributed by atoms with Gasteiger partial charge in [0, 0.05) is 12.8 Å². The smallest absolute Gasteiger partial charge is 0.305 e. The molecule has 0 saturated carbocycles. The molecule has 22 heavy (non-hydrogen) atoms. The van der Waals surface area contributed by atoms with E-state index in [4.69, 9.17) is 9.57 Å². The fourth-order valence-corrected chi connectivity index (χ4v) is 2.08. The molecule has 1 aromatic rings. The molecule has 1 aliphatic rings. The van der Waals surface area contributed by atoms with Crippen LogP contribution in [0.4, 0.5) is 0 Å². The van der Waals surface area contributed by atoms with Crippen molar-refractivity contribution in [3.63, 3.8) is 0 Å². The Morgan fingerprint density at radius 2 is 1.68 bits per heavy atom. The minimum Gasteiger partial charge on any atom is -0.466 e. The van der Waals surface area contributed by atoms with Crippen LogP contribution >= 0.6 is 0 Å². The minimum absolute atomic E-state index is 0.131. The molecular weight excluding hydrogens is 286 g/mol. The van der Waals surface area contributed by atoms with Gasteiger partial charge in [0.05, 0.1) is 24.3 Å². The number of unbranched alkanes of at least 4 members (excludes halogenated alkanes) is 1. The molecule has 2 rings (SSSR count). The van der Waals surface area contributed by atoms with Crippen molar-refractivity contribution in [3.05, 3.63) is 35.4 Å². The molecule has 1 aliphatic heterocycles. The average molecular weight is 305 g/mol. The van der Waals surface area contributed by atoms with Gasteiger partial charge in [-0.1, -0.05) is 25.5 Å². The van der Waals surface area contributed by atoms with Gasteiger partial charge in [-0.2, -0.15) is 0 Å². The van der Waals surface area contributed by atoms with E-state index >= 15 is 0 Å². The number of imide groups is 1. The highest BCUT2D eigenvalue weighted by Crippen LogP contribution is 2.22. The lowest BCUT2D eigenvalue weighted by Gasteiger charge is -2.13. The van der Waals surface area contributed by atoms with Crippen molar-refractivity contribution in [2.24, 2.45) is 0 Å². The lowest BCUT2D eigenvalue weighted by atomic mass is 10.1. The molecule has 0 atom stereocenters. The van der Waals surface area contributed by atoms with Crippen molar-refractivity contribution in [2.75, 3.05) is 13.2 Å². The van der Waals surface area contributed by atoms with E-state index in [0.29, 0.717) is 24.0 Å². The molecule has 0 radical (unpaired) electrons. The molecular formula is C16H19NO5. The lowest BCUT2D eigenvalue weighted by Crippen LogP contribution is -2.30. The van der Waals surface area contributed by atoms with Crippen molar-refractivity contribution < 1.29 is 24.0 Å². The van der Waals surface area contributed by atoms with Crippen LogP contribution in [0.2, 0.25) is 0 Å². The van der Waals surface area contributed by atoms with Crippen molar-refractivity contribution in [3.8, 4) is 0 Å². The zero-order valence-corrected chi connectivity index (χ0v) is 12.5. The highest BCUT2D eigenvalue weighted by molar-refractivity contribution is 6.20. The van der Waals surface area contributed by atoms with E-state index < -0.39 is 11.8 Å². The summed E-state index contributed by atoms with van der Waals surface area (Å²) in [7, 11) is 0. The molecule has 1 heterocycles. The van der Waals surface area contributed by atoms with Crippen LogP contribution in [0.1, 0.15) is 53.3 Å². The SMILES string of the molecule is CCCCC(=O)OCCCON1C(=O)c2ccccc2C1=O. The molecule has 0 unspecified atom stereocenters. The molecule has 1 aromatic carbocycles. The van der Waals surface area contributed by atoms with E-state index in [9.17, 15) is 14.4 Å². The zero-order valence-electron chi connectivity index (χ0n) is 12.5.